The van der Waals surface area contributed by atoms with Gasteiger partial charge in [-0.25, -0.2) is 4.79 Å². The zero-order valence-electron chi connectivity index (χ0n) is 9.99. The maximum atomic E-state index is 11.0. The Balaban J connectivity index is 3.87. The van der Waals surface area contributed by atoms with Crippen LogP contribution in [0, 0.1) is 0 Å². The standard InChI is InChI=1S/C11H21NO3/c1-9(11(14)15-4)5-7-12(3)8-6-10(2)13/h5,10,13H,6-8H2,1-4H3. The molecule has 1 N–H and O–H groups in total. The number of carbonyl (C=O) groups excluding carboxylic acids is 1. The molecule has 0 spiro atoms. The predicted octanol–water partition coefficient (Wildman–Crippen LogP) is 0.808. The van der Waals surface area contributed by atoms with Crippen LogP contribution >= 0.6 is 0 Å². The molecule has 1 unspecified atom stereocenters. The van der Waals surface area contributed by atoms with Crippen molar-refractivity contribution < 1.29 is 14.6 Å². The highest BCUT2D eigenvalue weighted by molar-refractivity contribution is 5.87. The van der Waals surface area contributed by atoms with Crippen LogP contribution in [0.15, 0.2) is 11.6 Å². The summed E-state index contributed by atoms with van der Waals surface area (Å²) in [6, 6.07) is 0. The summed E-state index contributed by atoms with van der Waals surface area (Å²) in [5.74, 6) is -0.293. The molecule has 0 amide bonds. The second kappa shape index (κ2) is 7.43. The molecule has 0 aliphatic heterocycles. The van der Waals surface area contributed by atoms with Crippen LogP contribution in [0.5, 0.6) is 0 Å². The molecule has 0 aliphatic carbocycles. The topological polar surface area (TPSA) is 49.8 Å². The molecule has 0 aromatic carbocycles. The molecule has 0 saturated heterocycles. The van der Waals surface area contributed by atoms with Gasteiger partial charge in [-0.1, -0.05) is 6.08 Å². The zero-order chi connectivity index (χ0) is 11.8. The van der Waals surface area contributed by atoms with Crippen molar-refractivity contribution in [2.75, 3.05) is 27.2 Å². The number of likely N-dealkylation sites (N-methyl/N-ethyl adjacent to an activating group) is 1. The second-order valence-corrected chi connectivity index (χ2v) is 3.78. The summed E-state index contributed by atoms with van der Waals surface area (Å²) in [5, 5.41) is 9.09. The van der Waals surface area contributed by atoms with Crippen LogP contribution in [0.3, 0.4) is 0 Å². The highest BCUT2D eigenvalue weighted by Crippen LogP contribution is 1.98. The van der Waals surface area contributed by atoms with E-state index in [4.69, 9.17) is 5.11 Å². The van der Waals surface area contributed by atoms with Gasteiger partial charge in [-0.2, -0.15) is 0 Å². The van der Waals surface area contributed by atoms with Crippen LogP contribution in [-0.4, -0.2) is 49.3 Å². The van der Waals surface area contributed by atoms with Gasteiger partial charge in [0.05, 0.1) is 13.2 Å². The molecular weight excluding hydrogens is 194 g/mol. The molecule has 0 radical (unpaired) electrons. The van der Waals surface area contributed by atoms with E-state index in [1.807, 2.05) is 18.0 Å². The van der Waals surface area contributed by atoms with E-state index in [9.17, 15) is 4.79 Å². The largest absolute Gasteiger partial charge is 0.466 e. The second-order valence-electron chi connectivity index (χ2n) is 3.78. The fraction of sp³-hybridized carbons (Fsp3) is 0.727. The lowest BCUT2D eigenvalue weighted by Crippen LogP contribution is -2.23. The van der Waals surface area contributed by atoms with Crippen molar-refractivity contribution in [3.8, 4) is 0 Å². The van der Waals surface area contributed by atoms with Gasteiger partial charge in [0, 0.05) is 18.7 Å². The maximum absolute atomic E-state index is 11.0. The fourth-order valence-electron chi connectivity index (χ4n) is 1.04. The summed E-state index contributed by atoms with van der Waals surface area (Å²) in [6.45, 7) is 4.99. The number of nitrogens with zero attached hydrogens (tertiary/aromatic N) is 1. The molecule has 15 heavy (non-hydrogen) atoms. The van der Waals surface area contributed by atoms with Crippen molar-refractivity contribution in [3.63, 3.8) is 0 Å². The van der Waals surface area contributed by atoms with Gasteiger partial charge in [0.25, 0.3) is 0 Å². The third-order valence-electron chi connectivity index (χ3n) is 2.15. The Morgan fingerprint density at radius 3 is 2.67 bits per heavy atom. The van der Waals surface area contributed by atoms with Gasteiger partial charge >= 0.3 is 5.97 Å². The molecule has 88 valence electrons. The molecule has 1 atom stereocenters. The number of carbonyl (C=O) groups is 1. The van der Waals surface area contributed by atoms with Crippen molar-refractivity contribution in [2.45, 2.75) is 26.4 Å². The van der Waals surface area contributed by atoms with Gasteiger partial charge < -0.3 is 14.7 Å². The summed E-state index contributed by atoms with van der Waals surface area (Å²) >= 11 is 0. The third kappa shape index (κ3) is 7.11. The van der Waals surface area contributed by atoms with Gasteiger partial charge in [0.1, 0.15) is 0 Å². The average Bonchev–Trinajstić information content (AvgIpc) is 2.21. The van der Waals surface area contributed by atoms with Gasteiger partial charge in [0.2, 0.25) is 0 Å². The van der Waals surface area contributed by atoms with Crippen LogP contribution in [-0.2, 0) is 9.53 Å². The van der Waals surface area contributed by atoms with Crippen molar-refractivity contribution >= 4 is 5.97 Å². The zero-order valence-corrected chi connectivity index (χ0v) is 9.99. The first-order chi connectivity index (χ1) is 6.97. The number of aliphatic hydroxyl groups is 1. The normalized spacial score (nSPS) is 14.1. The van der Waals surface area contributed by atoms with Gasteiger partial charge in [0.15, 0.2) is 0 Å². The highest BCUT2D eigenvalue weighted by Gasteiger charge is 2.04. The highest BCUT2D eigenvalue weighted by atomic mass is 16.5. The molecule has 0 aromatic rings. The molecular formula is C11H21NO3. The first-order valence-electron chi connectivity index (χ1n) is 5.09. The molecule has 0 rings (SSSR count). The number of hydrogen-bond donors (Lipinski definition) is 1. The Hall–Kier alpha value is -0.870. The van der Waals surface area contributed by atoms with Crippen LogP contribution in [0.25, 0.3) is 0 Å². The average molecular weight is 215 g/mol. The predicted molar refractivity (Wildman–Crippen MR) is 59.6 cm³/mol. The van der Waals surface area contributed by atoms with Crippen LogP contribution in [0.2, 0.25) is 0 Å². The molecule has 4 heteroatoms. The fourth-order valence-corrected chi connectivity index (χ4v) is 1.04. The van der Waals surface area contributed by atoms with Crippen LogP contribution in [0.4, 0.5) is 0 Å². The van der Waals surface area contributed by atoms with E-state index in [-0.39, 0.29) is 12.1 Å². The Morgan fingerprint density at radius 2 is 2.20 bits per heavy atom. The summed E-state index contributed by atoms with van der Waals surface area (Å²) in [7, 11) is 3.32. The number of aliphatic hydroxyl groups excluding tert-OH is 1. The maximum Gasteiger partial charge on any atom is 0.333 e. The van der Waals surface area contributed by atoms with E-state index in [2.05, 4.69) is 4.74 Å². The number of esters is 1. The van der Waals surface area contributed by atoms with Gasteiger partial charge in [-0.15, -0.1) is 0 Å². The lowest BCUT2D eigenvalue weighted by molar-refractivity contribution is -0.136. The number of hydrogen-bond acceptors (Lipinski definition) is 4. The minimum absolute atomic E-state index is 0.280. The molecule has 0 heterocycles. The SMILES string of the molecule is COC(=O)C(C)=CCN(C)CCC(C)O. The summed E-state index contributed by atoms with van der Waals surface area (Å²) in [6.07, 6.45) is 2.29. The number of methoxy groups -OCH3 is 1. The van der Waals surface area contributed by atoms with E-state index in [0.717, 1.165) is 13.0 Å². The third-order valence-corrected chi connectivity index (χ3v) is 2.15. The van der Waals surface area contributed by atoms with Crippen molar-refractivity contribution in [1.29, 1.82) is 0 Å². The lowest BCUT2D eigenvalue weighted by atomic mass is 10.2. The van der Waals surface area contributed by atoms with E-state index in [1.165, 1.54) is 7.11 Å². The van der Waals surface area contributed by atoms with E-state index < -0.39 is 0 Å². The Labute approximate surface area is 91.5 Å². The van der Waals surface area contributed by atoms with Crippen LogP contribution < -0.4 is 0 Å². The molecule has 0 fully saturated rings. The molecule has 4 nitrogen and oxygen atoms in total. The number of rotatable bonds is 6. The monoisotopic (exact) mass is 215 g/mol. The molecule has 0 aromatic heterocycles. The Bertz CT molecular complexity index is 224. The minimum atomic E-state index is -0.293. The van der Waals surface area contributed by atoms with Crippen molar-refractivity contribution in [1.82, 2.24) is 4.90 Å². The Kier molecular flexibility index (Phi) is 6.99. The first-order valence-corrected chi connectivity index (χ1v) is 5.09. The Morgan fingerprint density at radius 1 is 1.60 bits per heavy atom. The van der Waals surface area contributed by atoms with Crippen molar-refractivity contribution in [2.24, 2.45) is 0 Å². The van der Waals surface area contributed by atoms with E-state index in [0.29, 0.717) is 12.1 Å². The summed E-state index contributed by atoms with van der Waals surface area (Å²) in [5.41, 5.74) is 0.612. The molecule has 0 bridgehead atoms. The number of ether oxygens (including phenoxy) is 1. The smallest absolute Gasteiger partial charge is 0.333 e. The van der Waals surface area contributed by atoms with Gasteiger partial charge in [-0.05, 0) is 27.3 Å². The first kappa shape index (κ1) is 14.1. The minimum Gasteiger partial charge on any atom is -0.466 e. The lowest BCUT2D eigenvalue weighted by Gasteiger charge is -2.15. The van der Waals surface area contributed by atoms with E-state index in [1.54, 1.807) is 13.8 Å². The van der Waals surface area contributed by atoms with Crippen molar-refractivity contribution in [3.05, 3.63) is 11.6 Å². The van der Waals surface area contributed by atoms with Crippen LogP contribution in [0.1, 0.15) is 20.3 Å². The summed E-state index contributed by atoms with van der Waals surface area (Å²) < 4.78 is 4.58. The molecule has 0 saturated carbocycles. The van der Waals surface area contributed by atoms with Gasteiger partial charge in [-0.3, -0.25) is 0 Å². The summed E-state index contributed by atoms with van der Waals surface area (Å²) in [4.78, 5) is 13.1. The molecule has 0 aliphatic rings. The van der Waals surface area contributed by atoms with E-state index >= 15 is 0 Å². The quantitative estimate of drug-likeness (QED) is 0.526.